The first-order valence-electron chi connectivity index (χ1n) is 6.21. The van der Waals surface area contributed by atoms with E-state index in [2.05, 4.69) is 16.4 Å². The molecule has 0 radical (unpaired) electrons. The van der Waals surface area contributed by atoms with E-state index in [-0.39, 0.29) is 11.6 Å². The third kappa shape index (κ3) is 2.81. The van der Waals surface area contributed by atoms with Crippen LogP contribution in [-0.4, -0.2) is 26.1 Å². The summed E-state index contributed by atoms with van der Waals surface area (Å²) in [6, 6.07) is 8.07. The van der Waals surface area contributed by atoms with Crippen molar-refractivity contribution >= 4 is 5.97 Å². The van der Waals surface area contributed by atoms with Gasteiger partial charge in [0.05, 0.1) is 12.2 Å². The first-order chi connectivity index (χ1) is 8.99. The van der Waals surface area contributed by atoms with Crippen LogP contribution >= 0.6 is 0 Å². The minimum Gasteiger partial charge on any atom is -0.476 e. The largest absolute Gasteiger partial charge is 0.476 e. The van der Waals surface area contributed by atoms with Crippen LogP contribution in [0.25, 0.3) is 0 Å². The summed E-state index contributed by atoms with van der Waals surface area (Å²) in [5.41, 5.74) is 2.96. The lowest BCUT2D eigenvalue weighted by Crippen LogP contribution is -2.10. The van der Waals surface area contributed by atoms with E-state index < -0.39 is 5.97 Å². The van der Waals surface area contributed by atoms with Crippen molar-refractivity contribution in [1.29, 1.82) is 0 Å². The van der Waals surface area contributed by atoms with Crippen LogP contribution in [0.1, 0.15) is 47.1 Å². The van der Waals surface area contributed by atoms with Gasteiger partial charge in [0.25, 0.3) is 0 Å². The van der Waals surface area contributed by atoms with Crippen molar-refractivity contribution in [2.24, 2.45) is 0 Å². The molecule has 0 aliphatic carbocycles. The Morgan fingerprint density at radius 1 is 1.42 bits per heavy atom. The molecule has 0 aliphatic rings. The standard InChI is InChI=1S/C14H17N3O2/c1-9(2)13-12(14(18)19)15-16-17(13)8-11-6-4-5-10(3)7-11/h4-7,9H,8H2,1-3H3,(H,18,19). The zero-order chi connectivity index (χ0) is 14.0. The van der Waals surface area contributed by atoms with Gasteiger partial charge >= 0.3 is 5.97 Å². The Labute approximate surface area is 111 Å². The molecule has 0 saturated heterocycles. The monoisotopic (exact) mass is 259 g/mol. The average Bonchev–Trinajstić information content (AvgIpc) is 2.73. The number of aromatic nitrogens is 3. The maximum Gasteiger partial charge on any atom is 0.358 e. The van der Waals surface area contributed by atoms with Gasteiger partial charge in [0.1, 0.15) is 0 Å². The Morgan fingerprint density at radius 2 is 2.16 bits per heavy atom. The molecular weight excluding hydrogens is 242 g/mol. The van der Waals surface area contributed by atoms with E-state index in [0.717, 1.165) is 5.56 Å². The van der Waals surface area contributed by atoms with Crippen molar-refractivity contribution in [2.45, 2.75) is 33.2 Å². The Kier molecular flexibility index (Phi) is 3.64. The number of hydrogen-bond donors (Lipinski definition) is 1. The van der Waals surface area contributed by atoms with Crippen molar-refractivity contribution < 1.29 is 9.90 Å². The van der Waals surface area contributed by atoms with E-state index in [9.17, 15) is 4.79 Å². The Bertz CT molecular complexity index is 602. The molecule has 0 aliphatic heterocycles. The van der Waals surface area contributed by atoms with E-state index in [1.54, 1.807) is 4.68 Å². The fraction of sp³-hybridized carbons (Fsp3) is 0.357. The van der Waals surface area contributed by atoms with Crippen LogP contribution in [-0.2, 0) is 6.54 Å². The molecule has 5 heteroatoms. The summed E-state index contributed by atoms with van der Waals surface area (Å²) < 4.78 is 1.67. The lowest BCUT2D eigenvalue weighted by molar-refractivity contribution is 0.0688. The first-order valence-corrected chi connectivity index (χ1v) is 6.21. The van der Waals surface area contributed by atoms with Gasteiger partial charge in [-0.2, -0.15) is 0 Å². The molecule has 0 spiro atoms. The predicted octanol–water partition coefficient (Wildman–Crippen LogP) is 2.46. The molecule has 0 amide bonds. The van der Waals surface area contributed by atoms with Crippen LogP contribution in [0.5, 0.6) is 0 Å². The number of hydrogen-bond acceptors (Lipinski definition) is 3. The van der Waals surface area contributed by atoms with Gasteiger partial charge in [-0.25, -0.2) is 9.48 Å². The molecule has 19 heavy (non-hydrogen) atoms. The number of nitrogens with zero attached hydrogens (tertiary/aromatic N) is 3. The minimum absolute atomic E-state index is 0.0441. The maximum atomic E-state index is 11.1. The number of carboxylic acids is 1. The zero-order valence-corrected chi connectivity index (χ0v) is 11.3. The maximum absolute atomic E-state index is 11.1. The van der Waals surface area contributed by atoms with E-state index in [0.29, 0.717) is 12.2 Å². The van der Waals surface area contributed by atoms with Gasteiger partial charge in [-0.05, 0) is 18.4 Å². The van der Waals surface area contributed by atoms with Gasteiger partial charge in [0.2, 0.25) is 0 Å². The van der Waals surface area contributed by atoms with E-state index in [1.807, 2.05) is 39.0 Å². The van der Waals surface area contributed by atoms with Gasteiger partial charge in [0, 0.05) is 0 Å². The van der Waals surface area contributed by atoms with Gasteiger partial charge in [-0.1, -0.05) is 48.9 Å². The molecule has 0 fully saturated rings. The topological polar surface area (TPSA) is 68.0 Å². The number of carboxylic acid groups (broad SMARTS) is 1. The third-order valence-corrected chi connectivity index (χ3v) is 2.94. The van der Waals surface area contributed by atoms with Crippen LogP contribution in [0.2, 0.25) is 0 Å². The smallest absolute Gasteiger partial charge is 0.358 e. The molecule has 0 saturated carbocycles. The highest BCUT2D eigenvalue weighted by Crippen LogP contribution is 2.19. The number of aryl methyl sites for hydroxylation is 1. The average molecular weight is 259 g/mol. The SMILES string of the molecule is Cc1cccc(Cn2nnc(C(=O)O)c2C(C)C)c1. The Balaban J connectivity index is 2.38. The highest BCUT2D eigenvalue weighted by atomic mass is 16.4. The molecular formula is C14H17N3O2. The molecule has 0 atom stereocenters. The Hall–Kier alpha value is -2.17. The van der Waals surface area contributed by atoms with Gasteiger partial charge in [-0.15, -0.1) is 5.10 Å². The van der Waals surface area contributed by atoms with Gasteiger partial charge < -0.3 is 5.11 Å². The molecule has 1 heterocycles. The van der Waals surface area contributed by atoms with Crippen LogP contribution in [0.15, 0.2) is 24.3 Å². The first kappa shape index (κ1) is 13.3. The number of aromatic carboxylic acids is 1. The minimum atomic E-state index is -1.03. The lowest BCUT2D eigenvalue weighted by Gasteiger charge is -2.10. The van der Waals surface area contributed by atoms with Crippen molar-refractivity contribution in [3.63, 3.8) is 0 Å². The molecule has 100 valence electrons. The summed E-state index contributed by atoms with van der Waals surface area (Å²) in [5.74, 6) is -0.967. The Morgan fingerprint density at radius 3 is 2.74 bits per heavy atom. The van der Waals surface area contributed by atoms with Crippen molar-refractivity contribution in [3.8, 4) is 0 Å². The molecule has 0 unspecified atom stereocenters. The highest BCUT2D eigenvalue weighted by Gasteiger charge is 2.21. The highest BCUT2D eigenvalue weighted by molar-refractivity contribution is 5.86. The summed E-state index contributed by atoms with van der Waals surface area (Å²) in [7, 11) is 0. The molecule has 1 aromatic carbocycles. The fourth-order valence-electron chi connectivity index (χ4n) is 2.14. The van der Waals surface area contributed by atoms with Crippen molar-refractivity contribution in [3.05, 3.63) is 46.8 Å². The number of benzene rings is 1. The second-order valence-electron chi connectivity index (χ2n) is 4.93. The number of carbonyl (C=O) groups is 1. The normalized spacial score (nSPS) is 10.9. The molecule has 1 N–H and O–H groups in total. The molecule has 1 aromatic heterocycles. The van der Waals surface area contributed by atoms with Gasteiger partial charge in [-0.3, -0.25) is 0 Å². The summed E-state index contributed by atoms with van der Waals surface area (Å²) >= 11 is 0. The zero-order valence-electron chi connectivity index (χ0n) is 11.3. The summed E-state index contributed by atoms with van der Waals surface area (Å²) in [4.78, 5) is 11.1. The van der Waals surface area contributed by atoms with Crippen LogP contribution in [0.4, 0.5) is 0 Å². The molecule has 0 bridgehead atoms. The van der Waals surface area contributed by atoms with E-state index in [4.69, 9.17) is 5.11 Å². The predicted molar refractivity (Wildman–Crippen MR) is 71.4 cm³/mol. The molecule has 2 rings (SSSR count). The van der Waals surface area contributed by atoms with E-state index in [1.165, 1.54) is 5.56 Å². The van der Waals surface area contributed by atoms with Crippen molar-refractivity contribution in [1.82, 2.24) is 15.0 Å². The van der Waals surface area contributed by atoms with Crippen LogP contribution < -0.4 is 0 Å². The summed E-state index contributed by atoms with van der Waals surface area (Å²) in [6.45, 7) is 6.45. The van der Waals surface area contributed by atoms with Crippen LogP contribution in [0, 0.1) is 6.92 Å². The third-order valence-electron chi connectivity index (χ3n) is 2.94. The van der Waals surface area contributed by atoms with Gasteiger partial charge in [0.15, 0.2) is 5.69 Å². The van der Waals surface area contributed by atoms with E-state index >= 15 is 0 Å². The lowest BCUT2D eigenvalue weighted by atomic mass is 10.1. The van der Waals surface area contributed by atoms with Crippen molar-refractivity contribution in [2.75, 3.05) is 0 Å². The number of rotatable bonds is 4. The summed E-state index contributed by atoms with van der Waals surface area (Å²) in [5, 5.41) is 16.9. The quantitative estimate of drug-likeness (QED) is 0.915. The second kappa shape index (κ2) is 5.22. The second-order valence-corrected chi connectivity index (χ2v) is 4.93. The summed E-state index contributed by atoms with van der Waals surface area (Å²) in [6.07, 6.45) is 0. The van der Waals surface area contributed by atoms with Crippen LogP contribution in [0.3, 0.4) is 0 Å². The molecule has 2 aromatic rings. The molecule has 5 nitrogen and oxygen atoms in total. The fourth-order valence-corrected chi connectivity index (χ4v) is 2.14.